The van der Waals surface area contributed by atoms with Crippen LogP contribution in [-0.4, -0.2) is 18.1 Å². The summed E-state index contributed by atoms with van der Waals surface area (Å²) in [6.45, 7) is 0. The van der Waals surface area contributed by atoms with Crippen LogP contribution < -0.4 is 0 Å². The number of hydrogen-bond acceptors (Lipinski definition) is 3. The lowest BCUT2D eigenvalue weighted by atomic mass is 10.1. The van der Waals surface area contributed by atoms with Crippen LogP contribution >= 0.6 is 11.6 Å². The van der Waals surface area contributed by atoms with Gasteiger partial charge in [0.2, 0.25) is 0 Å². The fourth-order valence-corrected chi connectivity index (χ4v) is 1.12. The summed E-state index contributed by atoms with van der Waals surface area (Å²) in [6.07, 6.45) is -4.64. The summed E-state index contributed by atoms with van der Waals surface area (Å²) in [4.78, 5) is 14.0. The number of pyridine rings is 1. The zero-order valence-corrected chi connectivity index (χ0v) is 8.49. The van der Waals surface area contributed by atoms with Gasteiger partial charge in [-0.2, -0.15) is 13.2 Å². The van der Waals surface area contributed by atoms with Crippen molar-refractivity contribution in [2.75, 3.05) is 7.11 Å². The summed E-state index contributed by atoms with van der Waals surface area (Å²) in [6, 6.07) is 0. The molecular formula is C8H4ClF4NO2. The van der Waals surface area contributed by atoms with E-state index in [-0.39, 0.29) is 6.20 Å². The highest BCUT2D eigenvalue weighted by atomic mass is 35.5. The Kier molecular flexibility index (Phi) is 3.37. The quantitative estimate of drug-likeness (QED) is 0.441. The van der Waals surface area contributed by atoms with Gasteiger partial charge < -0.3 is 4.74 Å². The molecule has 1 aromatic heterocycles. The van der Waals surface area contributed by atoms with Crippen LogP contribution in [0.4, 0.5) is 17.6 Å². The Balaban J connectivity index is 3.51. The van der Waals surface area contributed by atoms with Crippen LogP contribution in [0.3, 0.4) is 0 Å². The molecular weight excluding hydrogens is 254 g/mol. The molecule has 0 radical (unpaired) electrons. The van der Waals surface area contributed by atoms with Crippen molar-refractivity contribution in [3.05, 3.63) is 28.3 Å². The van der Waals surface area contributed by atoms with Crippen LogP contribution in [-0.2, 0) is 10.9 Å². The smallest absolute Gasteiger partial charge is 0.418 e. The first-order valence-electron chi connectivity index (χ1n) is 3.78. The molecule has 0 saturated heterocycles. The zero-order valence-electron chi connectivity index (χ0n) is 7.73. The first kappa shape index (κ1) is 12.7. The molecule has 0 aliphatic rings. The molecule has 0 amide bonds. The first-order chi connectivity index (χ1) is 7.29. The van der Waals surface area contributed by atoms with Gasteiger partial charge in [-0.1, -0.05) is 11.6 Å². The van der Waals surface area contributed by atoms with Gasteiger partial charge in [0.1, 0.15) is 5.56 Å². The van der Waals surface area contributed by atoms with Crippen LogP contribution in [0.25, 0.3) is 0 Å². The zero-order chi connectivity index (χ0) is 12.5. The van der Waals surface area contributed by atoms with Crippen LogP contribution in [0.15, 0.2) is 6.20 Å². The minimum absolute atomic E-state index is 0.275. The Hall–Kier alpha value is -1.37. The number of carbonyl (C=O) groups is 1. The van der Waals surface area contributed by atoms with E-state index in [0.29, 0.717) is 0 Å². The highest BCUT2D eigenvalue weighted by molar-refractivity contribution is 6.29. The third kappa shape index (κ3) is 2.24. The van der Waals surface area contributed by atoms with Crippen LogP contribution in [0.5, 0.6) is 0 Å². The largest absolute Gasteiger partial charge is 0.465 e. The predicted octanol–water partition coefficient (Wildman–Crippen LogP) is 2.68. The number of alkyl halides is 3. The Morgan fingerprint density at radius 2 is 2.06 bits per heavy atom. The highest BCUT2D eigenvalue weighted by Gasteiger charge is 2.38. The average Bonchev–Trinajstić information content (AvgIpc) is 2.19. The number of methoxy groups -OCH3 is 1. The Morgan fingerprint density at radius 1 is 1.50 bits per heavy atom. The predicted molar refractivity (Wildman–Crippen MR) is 45.5 cm³/mol. The lowest BCUT2D eigenvalue weighted by Gasteiger charge is -2.11. The van der Waals surface area contributed by atoms with Crippen molar-refractivity contribution >= 4 is 17.6 Å². The number of hydrogen-bond donors (Lipinski definition) is 0. The third-order valence-electron chi connectivity index (χ3n) is 1.67. The van der Waals surface area contributed by atoms with Gasteiger partial charge in [-0.25, -0.2) is 14.2 Å². The van der Waals surface area contributed by atoms with Crippen molar-refractivity contribution in [3.63, 3.8) is 0 Å². The molecule has 0 aliphatic heterocycles. The summed E-state index contributed by atoms with van der Waals surface area (Å²) in [5, 5.41) is -0.826. The molecule has 0 N–H and O–H groups in total. The van der Waals surface area contributed by atoms with E-state index in [1.165, 1.54) is 0 Å². The van der Waals surface area contributed by atoms with Crippen LogP contribution in [0.1, 0.15) is 15.9 Å². The van der Waals surface area contributed by atoms with Crippen molar-refractivity contribution in [3.8, 4) is 0 Å². The van der Waals surface area contributed by atoms with Gasteiger partial charge in [-0.05, 0) is 0 Å². The van der Waals surface area contributed by atoms with E-state index in [9.17, 15) is 22.4 Å². The molecule has 0 spiro atoms. The van der Waals surface area contributed by atoms with Gasteiger partial charge in [0.25, 0.3) is 0 Å². The maximum atomic E-state index is 13.2. The van der Waals surface area contributed by atoms with Gasteiger partial charge in [-0.15, -0.1) is 0 Å². The summed E-state index contributed by atoms with van der Waals surface area (Å²) in [7, 11) is 0.830. The van der Waals surface area contributed by atoms with E-state index in [1.807, 2.05) is 0 Å². The minimum Gasteiger partial charge on any atom is -0.465 e. The van der Waals surface area contributed by atoms with Crippen molar-refractivity contribution < 1.29 is 27.1 Å². The molecule has 0 fully saturated rings. The van der Waals surface area contributed by atoms with Gasteiger partial charge >= 0.3 is 12.1 Å². The maximum Gasteiger partial charge on any atom is 0.418 e. The monoisotopic (exact) mass is 257 g/mol. The molecule has 16 heavy (non-hydrogen) atoms. The number of halogens is 5. The molecule has 8 heteroatoms. The Labute approximate surface area is 92.0 Å². The minimum atomic E-state index is -4.91. The Bertz CT molecular complexity index is 433. The molecule has 0 saturated carbocycles. The van der Waals surface area contributed by atoms with Crippen molar-refractivity contribution in [2.45, 2.75) is 6.18 Å². The fourth-order valence-electron chi connectivity index (χ4n) is 0.980. The van der Waals surface area contributed by atoms with E-state index < -0.39 is 34.2 Å². The second-order valence-corrected chi connectivity index (χ2v) is 3.00. The SMILES string of the molecule is COC(=O)c1c(C(F)(F)F)cnc(Cl)c1F. The molecule has 0 atom stereocenters. The van der Waals surface area contributed by atoms with Gasteiger partial charge in [-0.3, -0.25) is 0 Å². The van der Waals surface area contributed by atoms with E-state index in [1.54, 1.807) is 0 Å². The number of aromatic nitrogens is 1. The van der Waals surface area contributed by atoms with E-state index in [0.717, 1.165) is 7.11 Å². The van der Waals surface area contributed by atoms with Gasteiger partial charge in [0, 0.05) is 6.20 Å². The molecule has 1 aromatic rings. The number of esters is 1. The normalized spacial score (nSPS) is 11.4. The topological polar surface area (TPSA) is 39.2 Å². The highest BCUT2D eigenvalue weighted by Crippen LogP contribution is 2.34. The molecule has 0 bridgehead atoms. The molecule has 1 rings (SSSR count). The summed E-state index contributed by atoms with van der Waals surface area (Å²) < 4.78 is 54.5. The first-order valence-corrected chi connectivity index (χ1v) is 4.16. The van der Waals surface area contributed by atoms with Gasteiger partial charge in [0.15, 0.2) is 11.0 Å². The molecule has 88 valence electrons. The average molecular weight is 258 g/mol. The number of nitrogens with zero attached hydrogens (tertiary/aromatic N) is 1. The number of carbonyl (C=O) groups excluding carboxylic acids is 1. The van der Waals surface area contributed by atoms with E-state index in [2.05, 4.69) is 9.72 Å². The van der Waals surface area contributed by atoms with Gasteiger partial charge in [0.05, 0.1) is 12.7 Å². The Morgan fingerprint density at radius 3 is 2.50 bits per heavy atom. The lowest BCUT2D eigenvalue weighted by molar-refractivity contribution is -0.138. The summed E-state index contributed by atoms with van der Waals surface area (Å²) in [5.41, 5.74) is -2.80. The third-order valence-corrected chi connectivity index (χ3v) is 1.94. The van der Waals surface area contributed by atoms with Crippen LogP contribution in [0.2, 0.25) is 5.15 Å². The van der Waals surface area contributed by atoms with E-state index >= 15 is 0 Å². The standard InChI is InChI=1S/C8H4ClF4NO2/c1-16-7(15)4-3(8(11,12)13)2-14-6(9)5(4)10/h2H,1H3. The van der Waals surface area contributed by atoms with Crippen LogP contribution in [0, 0.1) is 5.82 Å². The molecule has 0 aliphatic carbocycles. The summed E-state index contributed by atoms with van der Waals surface area (Å²) >= 11 is 5.18. The molecule has 0 aromatic carbocycles. The fraction of sp³-hybridized carbons (Fsp3) is 0.250. The van der Waals surface area contributed by atoms with Crippen molar-refractivity contribution in [1.82, 2.24) is 4.98 Å². The second kappa shape index (κ2) is 4.25. The maximum absolute atomic E-state index is 13.2. The lowest BCUT2D eigenvalue weighted by Crippen LogP contribution is -2.17. The second-order valence-electron chi connectivity index (χ2n) is 2.64. The van der Waals surface area contributed by atoms with Crippen molar-refractivity contribution in [1.29, 1.82) is 0 Å². The number of rotatable bonds is 1. The van der Waals surface area contributed by atoms with Crippen molar-refractivity contribution in [2.24, 2.45) is 0 Å². The molecule has 3 nitrogen and oxygen atoms in total. The van der Waals surface area contributed by atoms with E-state index in [4.69, 9.17) is 11.6 Å². The molecule has 0 unspecified atom stereocenters. The number of ether oxygens (including phenoxy) is 1. The summed E-state index contributed by atoms with van der Waals surface area (Å²) in [5.74, 6) is -3.02. The molecule has 1 heterocycles.